The molecular formula is C17H20O4. The van der Waals surface area contributed by atoms with Gasteiger partial charge in [0, 0.05) is 5.92 Å². The molecule has 0 aromatic heterocycles. The highest BCUT2D eigenvalue weighted by Crippen LogP contribution is 2.34. The third-order valence-corrected chi connectivity index (χ3v) is 3.70. The zero-order valence-electron chi connectivity index (χ0n) is 12.3. The fraction of sp³-hybridized carbons (Fsp3) is 0.412. The Kier molecular flexibility index (Phi) is 4.46. The summed E-state index contributed by atoms with van der Waals surface area (Å²) in [4.78, 5) is 23.2. The van der Waals surface area contributed by atoms with Crippen molar-refractivity contribution in [3.8, 4) is 0 Å². The first-order valence-electron chi connectivity index (χ1n) is 7.05. The Labute approximate surface area is 124 Å². The molecule has 0 saturated carbocycles. The minimum absolute atomic E-state index is 0.0259. The number of esters is 1. The lowest BCUT2D eigenvalue weighted by atomic mass is 9.76. The highest BCUT2D eigenvalue weighted by molar-refractivity contribution is 6.02. The first-order valence-corrected chi connectivity index (χ1v) is 7.05. The molecule has 0 spiro atoms. The van der Waals surface area contributed by atoms with E-state index in [4.69, 9.17) is 9.84 Å². The highest BCUT2D eigenvalue weighted by atomic mass is 16.5. The zero-order chi connectivity index (χ0) is 15.5. The molecular weight excluding hydrogens is 268 g/mol. The van der Waals surface area contributed by atoms with Gasteiger partial charge in [0.2, 0.25) is 0 Å². The Morgan fingerprint density at radius 1 is 1.29 bits per heavy atom. The largest absolute Gasteiger partial charge is 0.478 e. The van der Waals surface area contributed by atoms with Crippen LogP contribution in [0.3, 0.4) is 0 Å². The normalized spacial score (nSPS) is 20.0. The van der Waals surface area contributed by atoms with Gasteiger partial charge >= 0.3 is 11.9 Å². The summed E-state index contributed by atoms with van der Waals surface area (Å²) in [5, 5.41) is 9.08. The van der Waals surface area contributed by atoms with Crippen molar-refractivity contribution < 1.29 is 19.4 Å². The average molecular weight is 288 g/mol. The second-order valence-corrected chi connectivity index (χ2v) is 6.21. The summed E-state index contributed by atoms with van der Waals surface area (Å²) in [5.74, 6) is -1.51. The highest BCUT2D eigenvalue weighted by Gasteiger charge is 2.26. The summed E-state index contributed by atoms with van der Waals surface area (Å²) >= 11 is 0. The van der Waals surface area contributed by atoms with Crippen LogP contribution in [0.25, 0.3) is 0 Å². The number of rotatable bonds is 4. The van der Waals surface area contributed by atoms with Gasteiger partial charge in [-0.15, -0.1) is 0 Å². The van der Waals surface area contributed by atoms with Crippen LogP contribution in [0.4, 0.5) is 0 Å². The number of aromatic carboxylic acids is 1. The number of carbonyl (C=O) groups excluding carboxylic acids is 1. The fourth-order valence-corrected chi connectivity index (χ4v) is 2.66. The van der Waals surface area contributed by atoms with E-state index in [-0.39, 0.29) is 29.1 Å². The van der Waals surface area contributed by atoms with Crippen LogP contribution in [0.2, 0.25) is 0 Å². The van der Waals surface area contributed by atoms with E-state index in [1.54, 1.807) is 12.1 Å². The maximum atomic E-state index is 12.1. The van der Waals surface area contributed by atoms with Crippen molar-refractivity contribution in [2.75, 3.05) is 6.61 Å². The second kappa shape index (κ2) is 6.12. The van der Waals surface area contributed by atoms with E-state index in [9.17, 15) is 9.59 Å². The molecule has 21 heavy (non-hydrogen) atoms. The van der Waals surface area contributed by atoms with Gasteiger partial charge in [0.15, 0.2) is 0 Å². The van der Waals surface area contributed by atoms with Crippen molar-refractivity contribution in [1.82, 2.24) is 0 Å². The number of carboxylic acid groups (broad SMARTS) is 1. The van der Waals surface area contributed by atoms with E-state index in [1.165, 1.54) is 12.1 Å². The molecule has 0 aliphatic heterocycles. The lowest BCUT2D eigenvalue weighted by Crippen LogP contribution is -2.23. The second-order valence-electron chi connectivity index (χ2n) is 6.21. The standard InChI is InChI=1S/C17H20O4/c1-17(2)9-5-6-12(10-17)11-21-16(20)14-8-4-3-7-13(14)15(18)19/h3-8,12H,9-11H2,1-2H3,(H,18,19)/t12-/m1/s1. The quantitative estimate of drug-likeness (QED) is 0.680. The molecule has 1 aromatic carbocycles. The van der Waals surface area contributed by atoms with E-state index in [0.717, 1.165) is 12.8 Å². The van der Waals surface area contributed by atoms with Crippen LogP contribution in [0.15, 0.2) is 36.4 Å². The van der Waals surface area contributed by atoms with E-state index in [1.807, 2.05) is 0 Å². The number of allylic oxidation sites excluding steroid dienone is 1. The monoisotopic (exact) mass is 288 g/mol. The fourth-order valence-electron chi connectivity index (χ4n) is 2.66. The Morgan fingerprint density at radius 2 is 1.95 bits per heavy atom. The summed E-state index contributed by atoms with van der Waals surface area (Å²) in [6.45, 7) is 4.66. The molecule has 1 atom stereocenters. The first-order chi connectivity index (χ1) is 9.89. The summed E-state index contributed by atoms with van der Waals surface area (Å²) < 4.78 is 5.30. The van der Waals surface area contributed by atoms with Crippen molar-refractivity contribution in [3.63, 3.8) is 0 Å². The van der Waals surface area contributed by atoms with Gasteiger partial charge in [-0.1, -0.05) is 38.1 Å². The number of hydrogen-bond acceptors (Lipinski definition) is 3. The predicted molar refractivity (Wildman–Crippen MR) is 79.3 cm³/mol. The number of hydrogen-bond donors (Lipinski definition) is 1. The molecule has 0 bridgehead atoms. The molecule has 1 aliphatic carbocycles. The molecule has 0 amide bonds. The van der Waals surface area contributed by atoms with Crippen molar-refractivity contribution in [2.24, 2.45) is 11.3 Å². The third kappa shape index (κ3) is 3.94. The Balaban J connectivity index is 2.01. The maximum Gasteiger partial charge on any atom is 0.339 e. The van der Waals surface area contributed by atoms with Gasteiger partial charge < -0.3 is 9.84 Å². The van der Waals surface area contributed by atoms with Gasteiger partial charge in [0.25, 0.3) is 0 Å². The van der Waals surface area contributed by atoms with Crippen LogP contribution < -0.4 is 0 Å². The van der Waals surface area contributed by atoms with Crippen molar-refractivity contribution >= 4 is 11.9 Å². The van der Waals surface area contributed by atoms with Crippen molar-refractivity contribution in [2.45, 2.75) is 26.7 Å². The SMILES string of the molecule is CC1(C)CC=C[C@@H](COC(=O)c2ccccc2C(=O)O)C1. The van der Waals surface area contributed by atoms with E-state index in [0.29, 0.717) is 0 Å². The molecule has 0 radical (unpaired) electrons. The van der Waals surface area contributed by atoms with Crippen molar-refractivity contribution in [3.05, 3.63) is 47.5 Å². The van der Waals surface area contributed by atoms with Gasteiger partial charge in [-0.05, 0) is 30.4 Å². The Morgan fingerprint density at radius 3 is 2.57 bits per heavy atom. The van der Waals surface area contributed by atoms with Gasteiger partial charge in [0.05, 0.1) is 17.7 Å². The first kappa shape index (κ1) is 15.3. The van der Waals surface area contributed by atoms with Crippen LogP contribution in [-0.2, 0) is 4.74 Å². The zero-order valence-corrected chi connectivity index (χ0v) is 12.3. The summed E-state index contributed by atoms with van der Waals surface area (Å²) in [7, 11) is 0. The van der Waals surface area contributed by atoms with Gasteiger partial charge in [-0.2, -0.15) is 0 Å². The number of carboxylic acids is 1. The smallest absolute Gasteiger partial charge is 0.339 e. The molecule has 112 valence electrons. The molecule has 0 fully saturated rings. The van der Waals surface area contributed by atoms with Crippen LogP contribution in [0.1, 0.15) is 47.4 Å². The maximum absolute atomic E-state index is 12.1. The molecule has 4 nitrogen and oxygen atoms in total. The molecule has 0 heterocycles. The van der Waals surface area contributed by atoms with Gasteiger partial charge in [-0.3, -0.25) is 0 Å². The number of ether oxygens (including phenoxy) is 1. The molecule has 4 heteroatoms. The topological polar surface area (TPSA) is 63.6 Å². The number of benzene rings is 1. The predicted octanol–water partition coefficient (Wildman–Crippen LogP) is 3.53. The van der Waals surface area contributed by atoms with Crippen LogP contribution in [-0.4, -0.2) is 23.7 Å². The summed E-state index contributed by atoms with van der Waals surface area (Å²) in [6.07, 6.45) is 6.17. The lowest BCUT2D eigenvalue weighted by molar-refractivity contribution is 0.0424. The van der Waals surface area contributed by atoms with Crippen LogP contribution in [0.5, 0.6) is 0 Å². The van der Waals surface area contributed by atoms with E-state index >= 15 is 0 Å². The van der Waals surface area contributed by atoms with Crippen LogP contribution >= 0.6 is 0 Å². The minimum atomic E-state index is -1.12. The molecule has 1 aliphatic rings. The van der Waals surface area contributed by atoms with Crippen LogP contribution in [0, 0.1) is 11.3 Å². The number of carbonyl (C=O) groups is 2. The molecule has 2 rings (SSSR count). The van der Waals surface area contributed by atoms with Gasteiger partial charge in [-0.25, -0.2) is 9.59 Å². The molecule has 0 saturated heterocycles. The van der Waals surface area contributed by atoms with E-state index in [2.05, 4.69) is 26.0 Å². The summed E-state index contributed by atoms with van der Waals surface area (Å²) in [5.41, 5.74) is 0.288. The lowest BCUT2D eigenvalue weighted by Gasteiger charge is -2.30. The Bertz CT molecular complexity index is 572. The molecule has 0 unspecified atom stereocenters. The third-order valence-electron chi connectivity index (χ3n) is 3.70. The molecule has 1 aromatic rings. The molecule has 1 N–H and O–H groups in total. The van der Waals surface area contributed by atoms with Gasteiger partial charge in [0.1, 0.15) is 0 Å². The van der Waals surface area contributed by atoms with Crippen molar-refractivity contribution in [1.29, 1.82) is 0 Å². The minimum Gasteiger partial charge on any atom is -0.478 e. The summed E-state index contributed by atoms with van der Waals surface area (Å²) in [6, 6.07) is 6.11. The van der Waals surface area contributed by atoms with E-state index < -0.39 is 11.9 Å². The average Bonchev–Trinajstić information content (AvgIpc) is 2.43. The Hall–Kier alpha value is -2.10.